The quantitative estimate of drug-likeness (QED) is 0.769. The van der Waals surface area contributed by atoms with Gasteiger partial charge in [0.25, 0.3) is 0 Å². The van der Waals surface area contributed by atoms with Gasteiger partial charge in [-0.1, -0.05) is 17.3 Å². The molecule has 2 N–H and O–H groups in total. The molecular weight excluding hydrogens is 218 g/mol. The van der Waals surface area contributed by atoms with Crippen LogP contribution in [0.15, 0.2) is 35.3 Å². The van der Waals surface area contributed by atoms with Crippen LogP contribution in [-0.2, 0) is 0 Å². The molecular formula is C11H11N5O. The van der Waals surface area contributed by atoms with Gasteiger partial charge in [0.15, 0.2) is 0 Å². The molecule has 86 valence electrons. The summed E-state index contributed by atoms with van der Waals surface area (Å²) in [5, 5.41) is 3.89. The molecule has 0 aromatic carbocycles. The second kappa shape index (κ2) is 4.06. The minimum atomic E-state index is 0.0758. The van der Waals surface area contributed by atoms with E-state index in [1.165, 1.54) is 0 Å². The van der Waals surface area contributed by atoms with Gasteiger partial charge in [-0.25, -0.2) is 4.98 Å². The maximum Gasteiger partial charge on any atom is 0.234 e. The first kappa shape index (κ1) is 10.1. The Kier molecular flexibility index (Phi) is 2.41. The Hall–Kier alpha value is -2.08. The fourth-order valence-electron chi connectivity index (χ4n) is 1.81. The van der Waals surface area contributed by atoms with Gasteiger partial charge in [-0.3, -0.25) is 4.98 Å². The SMILES string of the molecule is NC1C=CC(c2nc(-c3cnccn3)no2)C1. The lowest BCUT2D eigenvalue weighted by Gasteiger charge is -2.01. The maximum atomic E-state index is 5.78. The molecule has 1 aliphatic carbocycles. The molecule has 2 aromatic heterocycles. The van der Waals surface area contributed by atoms with E-state index in [1.807, 2.05) is 12.2 Å². The van der Waals surface area contributed by atoms with Crippen molar-refractivity contribution in [2.24, 2.45) is 5.73 Å². The molecule has 0 aliphatic heterocycles. The molecule has 0 bridgehead atoms. The second-order valence-corrected chi connectivity index (χ2v) is 3.94. The number of hydrogen-bond donors (Lipinski definition) is 1. The second-order valence-electron chi connectivity index (χ2n) is 3.94. The predicted octanol–water partition coefficient (Wildman–Crippen LogP) is 0.897. The van der Waals surface area contributed by atoms with Crippen molar-refractivity contribution in [1.82, 2.24) is 20.1 Å². The molecule has 0 spiro atoms. The van der Waals surface area contributed by atoms with E-state index in [0.29, 0.717) is 17.4 Å². The Morgan fingerprint density at radius 2 is 2.24 bits per heavy atom. The number of nitrogens with zero attached hydrogens (tertiary/aromatic N) is 4. The van der Waals surface area contributed by atoms with Crippen molar-refractivity contribution < 1.29 is 4.52 Å². The van der Waals surface area contributed by atoms with E-state index in [4.69, 9.17) is 10.3 Å². The van der Waals surface area contributed by atoms with Gasteiger partial charge in [0.1, 0.15) is 5.69 Å². The predicted molar refractivity (Wildman–Crippen MR) is 59.8 cm³/mol. The minimum absolute atomic E-state index is 0.0758. The standard InChI is InChI=1S/C11H11N5O/c12-8-2-1-7(5-8)11-15-10(16-17-11)9-6-13-3-4-14-9/h1-4,6-8H,5,12H2. The van der Waals surface area contributed by atoms with Crippen molar-refractivity contribution in [3.05, 3.63) is 36.6 Å². The monoisotopic (exact) mass is 229 g/mol. The fraction of sp³-hybridized carbons (Fsp3) is 0.273. The van der Waals surface area contributed by atoms with E-state index < -0.39 is 0 Å². The van der Waals surface area contributed by atoms with Crippen molar-refractivity contribution in [2.75, 3.05) is 0 Å². The largest absolute Gasteiger partial charge is 0.338 e. The summed E-state index contributed by atoms with van der Waals surface area (Å²) in [7, 11) is 0. The van der Waals surface area contributed by atoms with Crippen LogP contribution in [0, 0.1) is 0 Å². The van der Waals surface area contributed by atoms with E-state index in [9.17, 15) is 0 Å². The van der Waals surface area contributed by atoms with E-state index in [-0.39, 0.29) is 12.0 Å². The average Bonchev–Trinajstić information content (AvgIpc) is 2.98. The van der Waals surface area contributed by atoms with E-state index in [2.05, 4.69) is 20.1 Å². The molecule has 0 fully saturated rings. The molecule has 2 unspecified atom stereocenters. The summed E-state index contributed by atoms with van der Waals surface area (Å²) in [5.74, 6) is 1.15. The summed E-state index contributed by atoms with van der Waals surface area (Å²) in [5.41, 5.74) is 6.39. The van der Waals surface area contributed by atoms with Crippen LogP contribution >= 0.6 is 0 Å². The van der Waals surface area contributed by atoms with Crippen LogP contribution in [0.5, 0.6) is 0 Å². The summed E-state index contributed by atoms with van der Waals surface area (Å²) >= 11 is 0. The van der Waals surface area contributed by atoms with Crippen molar-refractivity contribution >= 4 is 0 Å². The van der Waals surface area contributed by atoms with Gasteiger partial charge in [0.2, 0.25) is 11.7 Å². The third-order valence-corrected chi connectivity index (χ3v) is 2.67. The van der Waals surface area contributed by atoms with E-state index in [1.54, 1.807) is 18.6 Å². The van der Waals surface area contributed by atoms with Crippen molar-refractivity contribution in [1.29, 1.82) is 0 Å². The summed E-state index contributed by atoms with van der Waals surface area (Å²) in [6, 6.07) is 0.0758. The highest BCUT2D eigenvalue weighted by atomic mass is 16.5. The summed E-state index contributed by atoms with van der Waals surface area (Å²) in [6.45, 7) is 0. The Bertz CT molecular complexity index is 536. The smallest absolute Gasteiger partial charge is 0.234 e. The van der Waals surface area contributed by atoms with E-state index in [0.717, 1.165) is 6.42 Å². The van der Waals surface area contributed by atoms with Gasteiger partial charge in [-0.15, -0.1) is 0 Å². The molecule has 6 heteroatoms. The van der Waals surface area contributed by atoms with Gasteiger partial charge >= 0.3 is 0 Å². The van der Waals surface area contributed by atoms with Crippen molar-refractivity contribution in [3.8, 4) is 11.5 Å². The first-order valence-corrected chi connectivity index (χ1v) is 5.37. The van der Waals surface area contributed by atoms with Gasteiger partial charge in [0, 0.05) is 18.4 Å². The van der Waals surface area contributed by atoms with Crippen LogP contribution in [0.3, 0.4) is 0 Å². The Labute approximate surface area is 97.6 Å². The van der Waals surface area contributed by atoms with Crippen LogP contribution in [0.4, 0.5) is 0 Å². The van der Waals surface area contributed by atoms with Gasteiger partial charge in [0.05, 0.1) is 12.1 Å². The van der Waals surface area contributed by atoms with Crippen molar-refractivity contribution in [2.45, 2.75) is 18.4 Å². The first-order valence-electron chi connectivity index (χ1n) is 5.37. The topological polar surface area (TPSA) is 90.7 Å². The number of nitrogens with two attached hydrogens (primary N) is 1. The Balaban J connectivity index is 1.86. The zero-order valence-electron chi connectivity index (χ0n) is 9.02. The van der Waals surface area contributed by atoms with Crippen LogP contribution in [0.2, 0.25) is 0 Å². The van der Waals surface area contributed by atoms with Crippen molar-refractivity contribution in [3.63, 3.8) is 0 Å². The lowest BCUT2D eigenvalue weighted by molar-refractivity contribution is 0.364. The lowest BCUT2D eigenvalue weighted by Crippen LogP contribution is -2.14. The Morgan fingerprint density at radius 1 is 1.29 bits per heavy atom. The van der Waals surface area contributed by atoms with Crippen LogP contribution in [0.25, 0.3) is 11.5 Å². The molecule has 2 aromatic rings. The zero-order chi connectivity index (χ0) is 11.7. The van der Waals surface area contributed by atoms with Crippen LogP contribution in [0.1, 0.15) is 18.2 Å². The van der Waals surface area contributed by atoms with Gasteiger partial charge in [-0.05, 0) is 6.42 Å². The number of rotatable bonds is 2. The third-order valence-electron chi connectivity index (χ3n) is 2.67. The number of allylic oxidation sites excluding steroid dienone is 1. The van der Waals surface area contributed by atoms with Crippen LogP contribution < -0.4 is 5.73 Å². The molecule has 2 heterocycles. The molecule has 17 heavy (non-hydrogen) atoms. The molecule has 0 radical (unpaired) electrons. The molecule has 2 atom stereocenters. The summed E-state index contributed by atoms with van der Waals surface area (Å²) in [6.07, 6.45) is 9.56. The highest BCUT2D eigenvalue weighted by Gasteiger charge is 2.23. The Morgan fingerprint density at radius 3 is 2.94 bits per heavy atom. The number of hydrogen-bond acceptors (Lipinski definition) is 6. The lowest BCUT2D eigenvalue weighted by atomic mass is 10.1. The zero-order valence-corrected chi connectivity index (χ0v) is 9.02. The first-order chi connectivity index (χ1) is 8.33. The summed E-state index contributed by atoms with van der Waals surface area (Å²) in [4.78, 5) is 12.4. The normalized spacial score (nSPS) is 23.1. The molecule has 1 aliphatic rings. The van der Waals surface area contributed by atoms with Crippen LogP contribution in [-0.4, -0.2) is 26.2 Å². The minimum Gasteiger partial charge on any atom is -0.338 e. The highest BCUT2D eigenvalue weighted by molar-refractivity contribution is 5.45. The third kappa shape index (κ3) is 1.94. The highest BCUT2D eigenvalue weighted by Crippen LogP contribution is 2.27. The molecule has 3 rings (SSSR count). The van der Waals surface area contributed by atoms with Gasteiger partial charge in [-0.2, -0.15) is 4.98 Å². The molecule has 0 saturated heterocycles. The number of aromatic nitrogens is 4. The summed E-state index contributed by atoms with van der Waals surface area (Å²) < 4.78 is 5.22. The van der Waals surface area contributed by atoms with E-state index >= 15 is 0 Å². The average molecular weight is 229 g/mol. The molecule has 0 amide bonds. The molecule has 0 saturated carbocycles. The van der Waals surface area contributed by atoms with Gasteiger partial charge < -0.3 is 10.3 Å². The fourth-order valence-corrected chi connectivity index (χ4v) is 1.81. The molecule has 6 nitrogen and oxygen atoms in total. The maximum absolute atomic E-state index is 5.78.